The van der Waals surface area contributed by atoms with E-state index < -0.39 is 6.10 Å². The molecule has 0 aromatic carbocycles. The molecule has 1 N–H and O–H groups in total. The van der Waals surface area contributed by atoms with Crippen molar-refractivity contribution in [1.82, 2.24) is 4.90 Å². The van der Waals surface area contributed by atoms with Gasteiger partial charge in [-0.05, 0) is 109 Å². The standard InChI is InChI=1S/C35H57NO5/c1-20(2)27(41-30(38)36-18-9-19-36)23-11-10-22-28(40-23)29(37)33(7)25-13-12-24-31(4,5)26(39-8)14-15-34(24)21(3)35(25,34)17-16-32(22,33)6/h20-29,37H,9-19H2,1-8H3/t21-,22+,23-,24?,25+,26+,27-,28+,29+,32-,33-,34?,35+/m1/s1. The topological polar surface area (TPSA) is 68.2 Å². The number of methoxy groups -OCH3 is 1. The van der Waals surface area contributed by atoms with Crippen molar-refractivity contribution in [3.63, 3.8) is 0 Å². The van der Waals surface area contributed by atoms with Gasteiger partial charge >= 0.3 is 6.09 Å². The molecular weight excluding hydrogens is 514 g/mol. The fourth-order valence-corrected chi connectivity index (χ4v) is 13.5. The molecule has 1 amide bonds. The van der Waals surface area contributed by atoms with E-state index in [1.54, 1.807) is 4.90 Å². The van der Waals surface area contributed by atoms with Crippen molar-refractivity contribution in [2.24, 2.45) is 56.7 Å². The number of carbonyl (C=O) groups excluding carboxylic acids is 1. The average Bonchev–Trinajstić information content (AvgIpc) is 3.37. The van der Waals surface area contributed by atoms with Crippen LogP contribution in [0.3, 0.4) is 0 Å². The second-order valence-corrected chi connectivity index (χ2v) is 17.0. The Morgan fingerprint density at radius 1 is 0.951 bits per heavy atom. The van der Waals surface area contributed by atoms with Crippen molar-refractivity contribution in [2.45, 2.75) is 137 Å². The van der Waals surface area contributed by atoms with E-state index in [-0.39, 0.29) is 46.6 Å². The Labute approximate surface area is 248 Å². The largest absolute Gasteiger partial charge is 0.443 e. The third kappa shape index (κ3) is 3.29. The van der Waals surface area contributed by atoms with Crippen molar-refractivity contribution >= 4 is 6.09 Å². The number of ether oxygens (including phenoxy) is 3. The molecule has 7 rings (SSSR count). The zero-order chi connectivity index (χ0) is 29.3. The number of nitrogens with zero attached hydrogens (tertiary/aromatic N) is 1. The SMILES string of the molecule is CO[C@H]1CCC23C(CC[C@@H]4[C@]2(CC[C@]2(C)[C@H]5CC[C@H]([C@H](OC(=O)N6CCC6)C(C)C)O[C@@H]5[C@H](O)[C@@]42C)[C@@H]3C)C1(C)C. The summed E-state index contributed by atoms with van der Waals surface area (Å²) in [6.45, 7) is 18.4. The molecule has 2 heterocycles. The molecule has 0 aromatic heterocycles. The van der Waals surface area contributed by atoms with Crippen molar-refractivity contribution < 1.29 is 24.1 Å². The summed E-state index contributed by atoms with van der Waals surface area (Å²) in [5.41, 5.74) is 0.817. The molecule has 6 nitrogen and oxygen atoms in total. The van der Waals surface area contributed by atoms with Gasteiger partial charge in [-0.2, -0.15) is 0 Å². The molecule has 2 saturated heterocycles. The lowest BCUT2D eigenvalue weighted by Crippen LogP contribution is -2.59. The Bertz CT molecular complexity index is 1070. The third-order valence-electron chi connectivity index (χ3n) is 15.8. The zero-order valence-corrected chi connectivity index (χ0v) is 27.1. The van der Waals surface area contributed by atoms with E-state index in [2.05, 4.69) is 48.5 Å². The van der Waals surface area contributed by atoms with E-state index in [4.69, 9.17) is 14.2 Å². The molecule has 41 heavy (non-hydrogen) atoms. The van der Waals surface area contributed by atoms with E-state index >= 15 is 0 Å². The first-order valence-corrected chi connectivity index (χ1v) is 17.1. The molecule has 7 fully saturated rings. The van der Waals surface area contributed by atoms with Crippen LogP contribution < -0.4 is 0 Å². The number of rotatable bonds is 4. The summed E-state index contributed by atoms with van der Waals surface area (Å²) >= 11 is 0. The van der Waals surface area contributed by atoms with Gasteiger partial charge in [0.1, 0.15) is 6.10 Å². The van der Waals surface area contributed by atoms with E-state index in [1.165, 1.54) is 32.1 Å². The number of aliphatic hydroxyl groups is 1. The van der Waals surface area contributed by atoms with Crippen molar-refractivity contribution in [3.05, 3.63) is 0 Å². The number of likely N-dealkylation sites (tertiary alicyclic amines) is 1. The highest BCUT2D eigenvalue weighted by Crippen LogP contribution is 2.91. The summed E-state index contributed by atoms with van der Waals surface area (Å²) in [6.07, 6.45) is 9.49. The van der Waals surface area contributed by atoms with Gasteiger partial charge in [0.2, 0.25) is 0 Å². The highest BCUT2D eigenvalue weighted by molar-refractivity contribution is 5.68. The molecule has 5 saturated carbocycles. The molecular formula is C35H57NO5. The summed E-state index contributed by atoms with van der Waals surface area (Å²) in [5.74, 6) is 2.47. The Balaban J connectivity index is 1.17. The van der Waals surface area contributed by atoms with Gasteiger partial charge in [0, 0.05) is 25.6 Å². The molecule has 13 atom stereocenters. The van der Waals surface area contributed by atoms with Crippen LogP contribution in [-0.4, -0.2) is 66.8 Å². The summed E-state index contributed by atoms with van der Waals surface area (Å²) in [4.78, 5) is 14.6. The lowest BCUT2D eigenvalue weighted by atomic mass is 9.41. The minimum Gasteiger partial charge on any atom is -0.443 e. The predicted molar refractivity (Wildman–Crippen MR) is 158 cm³/mol. The number of fused-ring (bicyclic) bond motifs is 4. The van der Waals surface area contributed by atoms with Crippen LogP contribution in [0.5, 0.6) is 0 Å². The minimum atomic E-state index is -0.480. The zero-order valence-electron chi connectivity index (χ0n) is 27.1. The smallest absolute Gasteiger partial charge is 0.410 e. The number of amides is 1. The number of carbonyl (C=O) groups is 1. The second-order valence-electron chi connectivity index (χ2n) is 17.0. The monoisotopic (exact) mass is 571 g/mol. The number of hydrogen-bond donors (Lipinski definition) is 1. The second kappa shape index (κ2) is 9.10. The van der Waals surface area contributed by atoms with Gasteiger partial charge in [0.25, 0.3) is 0 Å². The van der Waals surface area contributed by atoms with Crippen molar-refractivity contribution in [3.8, 4) is 0 Å². The Morgan fingerprint density at radius 2 is 1.63 bits per heavy atom. The molecule has 7 aliphatic rings. The van der Waals surface area contributed by atoms with Gasteiger partial charge < -0.3 is 24.2 Å². The molecule has 6 heteroatoms. The van der Waals surface area contributed by atoms with Gasteiger partial charge in [0.15, 0.2) is 0 Å². The lowest BCUT2D eigenvalue weighted by Gasteiger charge is -2.63. The molecule has 0 bridgehead atoms. The summed E-state index contributed by atoms with van der Waals surface area (Å²) in [5, 5.41) is 12.5. The van der Waals surface area contributed by atoms with E-state index in [9.17, 15) is 9.90 Å². The van der Waals surface area contributed by atoms with E-state index in [0.29, 0.717) is 40.6 Å². The molecule has 2 unspecified atom stereocenters. The molecule has 0 aromatic rings. The van der Waals surface area contributed by atoms with Gasteiger partial charge in [-0.25, -0.2) is 4.79 Å². The molecule has 5 aliphatic carbocycles. The summed E-state index contributed by atoms with van der Waals surface area (Å²) < 4.78 is 19.1. The van der Waals surface area contributed by atoms with Gasteiger partial charge in [0.05, 0.1) is 24.4 Å². The highest BCUT2D eigenvalue weighted by atomic mass is 16.6. The fourth-order valence-electron chi connectivity index (χ4n) is 13.5. The first-order chi connectivity index (χ1) is 19.3. The van der Waals surface area contributed by atoms with E-state index in [1.807, 2.05) is 7.11 Å². The van der Waals surface area contributed by atoms with Crippen LogP contribution in [0.25, 0.3) is 0 Å². The fraction of sp³-hybridized carbons (Fsp3) is 0.971. The highest BCUT2D eigenvalue weighted by Gasteiger charge is 2.87. The van der Waals surface area contributed by atoms with Crippen LogP contribution in [0, 0.1) is 56.7 Å². The van der Waals surface area contributed by atoms with Gasteiger partial charge in [-0.3, -0.25) is 0 Å². The minimum absolute atomic E-state index is 0.0647. The molecule has 2 aliphatic heterocycles. The van der Waals surface area contributed by atoms with Crippen LogP contribution >= 0.6 is 0 Å². The van der Waals surface area contributed by atoms with Gasteiger partial charge in [-0.1, -0.05) is 48.5 Å². The molecule has 0 radical (unpaired) electrons. The molecule has 232 valence electrons. The Morgan fingerprint density at radius 3 is 2.27 bits per heavy atom. The first-order valence-electron chi connectivity index (χ1n) is 17.1. The first kappa shape index (κ1) is 28.9. The predicted octanol–water partition coefficient (Wildman–Crippen LogP) is 6.68. The van der Waals surface area contributed by atoms with Crippen LogP contribution in [0.2, 0.25) is 0 Å². The summed E-state index contributed by atoms with van der Waals surface area (Å²) in [7, 11) is 1.91. The normalized spacial score (nSPS) is 53.7. The van der Waals surface area contributed by atoms with E-state index in [0.717, 1.165) is 38.8 Å². The Kier molecular flexibility index (Phi) is 6.41. The van der Waals surface area contributed by atoms with Crippen molar-refractivity contribution in [2.75, 3.05) is 20.2 Å². The van der Waals surface area contributed by atoms with Crippen LogP contribution in [0.4, 0.5) is 4.79 Å². The third-order valence-corrected chi connectivity index (χ3v) is 15.8. The van der Waals surface area contributed by atoms with Crippen molar-refractivity contribution in [1.29, 1.82) is 0 Å². The quantitative estimate of drug-likeness (QED) is 0.408. The maximum absolute atomic E-state index is 12.8. The Hall–Kier alpha value is -0.850. The summed E-state index contributed by atoms with van der Waals surface area (Å²) in [6, 6.07) is 0. The maximum Gasteiger partial charge on any atom is 0.410 e. The maximum atomic E-state index is 12.8. The van der Waals surface area contributed by atoms with Crippen LogP contribution in [0.1, 0.15) is 106 Å². The lowest BCUT2D eigenvalue weighted by molar-refractivity contribution is -0.187. The van der Waals surface area contributed by atoms with Crippen LogP contribution in [-0.2, 0) is 14.2 Å². The van der Waals surface area contributed by atoms with Gasteiger partial charge in [-0.15, -0.1) is 0 Å². The number of aliphatic hydroxyl groups excluding tert-OH is 1. The number of hydrogen-bond acceptors (Lipinski definition) is 5. The average molecular weight is 572 g/mol. The molecule has 2 spiro atoms. The van der Waals surface area contributed by atoms with Crippen LogP contribution in [0.15, 0.2) is 0 Å².